The Labute approximate surface area is 194 Å². The van der Waals surface area contributed by atoms with Crippen molar-refractivity contribution in [3.8, 4) is 0 Å². The highest BCUT2D eigenvalue weighted by atomic mass is 16.6. The molecule has 0 radical (unpaired) electrons. The van der Waals surface area contributed by atoms with Gasteiger partial charge < -0.3 is 25.4 Å². The summed E-state index contributed by atoms with van der Waals surface area (Å²) < 4.78 is 5.57. The molecule has 3 saturated carbocycles. The second kappa shape index (κ2) is 8.33. The van der Waals surface area contributed by atoms with E-state index < -0.39 is 41.0 Å². The number of fused-ring (bicyclic) bond motifs is 1. The highest BCUT2D eigenvalue weighted by molar-refractivity contribution is 5.96. The molecule has 33 heavy (non-hydrogen) atoms. The van der Waals surface area contributed by atoms with Gasteiger partial charge in [-0.3, -0.25) is 9.59 Å². The number of aliphatic carboxylic acids is 1. The molecule has 1 saturated heterocycles. The minimum Gasteiger partial charge on any atom is -0.479 e. The second-order valence-electron chi connectivity index (χ2n) is 11.2. The van der Waals surface area contributed by atoms with E-state index >= 15 is 0 Å². The fourth-order valence-electron chi connectivity index (χ4n) is 5.49. The average molecular weight is 462 g/mol. The third-order valence-corrected chi connectivity index (χ3v) is 7.71. The molecule has 1 heterocycles. The lowest BCUT2D eigenvalue weighted by Crippen LogP contribution is -2.59. The average Bonchev–Trinajstić information content (AvgIpc) is 3.50. The zero-order chi connectivity index (χ0) is 24.1. The van der Waals surface area contributed by atoms with Crippen molar-refractivity contribution in [1.82, 2.24) is 15.5 Å². The number of ether oxygens (including phenoxy) is 1. The van der Waals surface area contributed by atoms with Crippen molar-refractivity contribution in [3.63, 3.8) is 0 Å². The van der Waals surface area contributed by atoms with Crippen molar-refractivity contribution in [2.24, 2.45) is 23.2 Å². The summed E-state index contributed by atoms with van der Waals surface area (Å²) in [4.78, 5) is 52.3. The van der Waals surface area contributed by atoms with E-state index in [1.807, 2.05) is 20.8 Å². The van der Waals surface area contributed by atoms with E-state index in [4.69, 9.17) is 4.74 Å². The van der Waals surface area contributed by atoms with Crippen LogP contribution >= 0.6 is 0 Å². The number of rotatable bonds is 7. The van der Waals surface area contributed by atoms with E-state index in [2.05, 4.69) is 17.2 Å². The molecule has 4 aliphatic rings. The minimum absolute atomic E-state index is 0.0988. The number of likely N-dealkylation sites (tertiary alicyclic amines) is 1. The van der Waals surface area contributed by atoms with Crippen molar-refractivity contribution in [2.75, 3.05) is 6.54 Å². The van der Waals surface area contributed by atoms with Gasteiger partial charge in [-0.15, -0.1) is 6.58 Å². The van der Waals surface area contributed by atoms with Crippen LogP contribution in [0.3, 0.4) is 0 Å². The first-order valence-electron chi connectivity index (χ1n) is 11.9. The maximum atomic E-state index is 13.5. The van der Waals surface area contributed by atoms with Crippen molar-refractivity contribution < 1.29 is 29.0 Å². The van der Waals surface area contributed by atoms with Gasteiger partial charge in [0.15, 0.2) is 0 Å². The molecule has 9 heteroatoms. The number of nitrogens with zero attached hydrogens (tertiary/aromatic N) is 1. The summed E-state index contributed by atoms with van der Waals surface area (Å²) in [6.07, 6.45) is 5.18. The highest BCUT2D eigenvalue weighted by Crippen LogP contribution is 2.52. The normalized spacial score (nSPS) is 35.2. The predicted molar refractivity (Wildman–Crippen MR) is 119 cm³/mol. The fourth-order valence-corrected chi connectivity index (χ4v) is 5.49. The molecule has 0 spiro atoms. The van der Waals surface area contributed by atoms with Crippen molar-refractivity contribution >= 4 is 23.9 Å². The van der Waals surface area contributed by atoms with Crippen LogP contribution in [-0.2, 0) is 19.1 Å². The number of carboxylic acids is 1. The van der Waals surface area contributed by atoms with E-state index in [-0.39, 0.29) is 17.9 Å². The zero-order valence-electron chi connectivity index (χ0n) is 19.6. The molecule has 4 rings (SSSR count). The number of carbonyl (C=O) groups is 4. The first-order valence-corrected chi connectivity index (χ1v) is 11.9. The Morgan fingerprint density at radius 1 is 1.18 bits per heavy atom. The molecule has 3 N–H and O–H groups in total. The highest BCUT2D eigenvalue weighted by Gasteiger charge is 2.61. The third-order valence-electron chi connectivity index (χ3n) is 7.71. The summed E-state index contributed by atoms with van der Waals surface area (Å²) in [5.74, 6) is -0.913. The van der Waals surface area contributed by atoms with Crippen LogP contribution < -0.4 is 10.6 Å². The fraction of sp³-hybridized carbons (Fsp3) is 0.750. The number of hydrogen-bond donors (Lipinski definition) is 3. The predicted octanol–water partition coefficient (Wildman–Crippen LogP) is 2.06. The van der Waals surface area contributed by atoms with E-state index in [1.165, 1.54) is 17.4 Å². The van der Waals surface area contributed by atoms with Crippen molar-refractivity contribution in [3.05, 3.63) is 12.7 Å². The Morgan fingerprint density at radius 3 is 2.39 bits per heavy atom. The van der Waals surface area contributed by atoms with Crippen LogP contribution in [0.4, 0.5) is 4.79 Å². The number of carbonyl (C=O) groups excluding carboxylic acids is 3. The van der Waals surface area contributed by atoms with Crippen LogP contribution in [0.15, 0.2) is 12.7 Å². The maximum absolute atomic E-state index is 13.5. The number of alkyl carbamates (subject to hydrolysis) is 1. The minimum atomic E-state index is -1.34. The Morgan fingerprint density at radius 2 is 1.85 bits per heavy atom. The third kappa shape index (κ3) is 4.59. The van der Waals surface area contributed by atoms with Crippen LogP contribution in [0, 0.1) is 23.2 Å². The molecule has 3 aliphatic carbocycles. The van der Waals surface area contributed by atoms with Gasteiger partial charge in [0, 0.05) is 12.5 Å². The first-order chi connectivity index (χ1) is 15.5. The van der Waals surface area contributed by atoms with Gasteiger partial charge >= 0.3 is 12.1 Å². The molecule has 0 aromatic heterocycles. The van der Waals surface area contributed by atoms with Gasteiger partial charge in [-0.2, -0.15) is 0 Å². The molecular weight excluding hydrogens is 426 g/mol. The van der Waals surface area contributed by atoms with Gasteiger partial charge in [-0.05, 0) is 55.8 Å². The molecule has 3 amide bonds. The van der Waals surface area contributed by atoms with Crippen LogP contribution in [0.1, 0.15) is 59.3 Å². The number of nitrogens with one attached hydrogen (secondary N) is 2. The van der Waals surface area contributed by atoms with Gasteiger partial charge in [-0.1, -0.05) is 26.8 Å². The lowest BCUT2D eigenvalue weighted by Gasteiger charge is -2.35. The molecule has 1 aliphatic heterocycles. The SMILES string of the molecule is C=C[C@@H]1C[C@]1(NC(=O)[C@@H]1CCCN1C(=O)[C@@H](NC(=O)OC1CC2C[C@H]2C1)C(C)(C)C)C(=O)O. The summed E-state index contributed by atoms with van der Waals surface area (Å²) in [6.45, 7) is 9.56. The molecule has 2 unspecified atom stereocenters. The van der Waals surface area contributed by atoms with E-state index in [1.54, 1.807) is 0 Å². The smallest absolute Gasteiger partial charge is 0.408 e. The van der Waals surface area contributed by atoms with Gasteiger partial charge in [-0.25, -0.2) is 9.59 Å². The topological polar surface area (TPSA) is 125 Å². The molecule has 0 aromatic carbocycles. The van der Waals surface area contributed by atoms with Gasteiger partial charge in [0.25, 0.3) is 0 Å². The lowest BCUT2D eigenvalue weighted by atomic mass is 9.85. The first kappa shape index (κ1) is 23.6. The Hall–Kier alpha value is -2.58. The Kier molecular flexibility index (Phi) is 5.95. The maximum Gasteiger partial charge on any atom is 0.408 e. The summed E-state index contributed by atoms with van der Waals surface area (Å²) in [6, 6.07) is -1.64. The number of amides is 3. The molecule has 0 aromatic rings. The number of carboxylic acid groups (broad SMARTS) is 1. The van der Waals surface area contributed by atoms with Crippen LogP contribution in [-0.4, -0.2) is 64.2 Å². The Balaban J connectivity index is 1.41. The lowest BCUT2D eigenvalue weighted by molar-refractivity contribution is -0.146. The summed E-state index contributed by atoms with van der Waals surface area (Å²) in [7, 11) is 0. The molecule has 0 bridgehead atoms. The van der Waals surface area contributed by atoms with E-state index in [9.17, 15) is 24.3 Å². The summed E-state index contributed by atoms with van der Waals surface area (Å²) >= 11 is 0. The zero-order valence-corrected chi connectivity index (χ0v) is 19.6. The van der Waals surface area contributed by atoms with Crippen LogP contribution in [0.25, 0.3) is 0 Å². The van der Waals surface area contributed by atoms with Gasteiger partial charge in [0.1, 0.15) is 23.7 Å². The molecule has 9 nitrogen and oxygen atoms in total. The quantitative estimate of drug-likeness (QED) is 0.499. The van der Waals surface area contributed by atoms with Gasteiger partial charge in [0.05, 0.1) is 0 Å². The molecule has 182 valence electrons. The van der Waals surface area contributed by atoms with Crippen molar-refractivity contribution in [1.29, 1.82) is 0 Å². The second-order valence-corrected chi connectivity index (χ2v) is 11.2. The van der Waals surface area contributed by atoms with Gasteiger partial charge in [0.2, 0.25) is 11.8 Å². The van der Waals surface area contributed by atoms with Crippen LogP contribution in [0.5, 0.6) is 0 Å². The largest absolute Gasteiger partial charge is 0.479 e. The molecule has 4 fully saturated rings. The van der Waals surface area contributed by atoms with E-state index in [0.29, 0.717) is 37.6 Å². The van der Waals surface area contributed by atoms with Crippen LogP contribution in [0.2, 0.25) is 0 Å². The van der Waals surface area contributed by atoms with Crippen molar-refractivity contribution in [2.45, 2.75) is 83.0 Å². The molecule has 7 atom stereocenters. The Bertz CT molecular complexity index is 857. The van der Waals surface area contributed by atoms with E-state index in [0.717, 1.165) is 12.8 Å². The standard InChI is InChI=1S/C24H35N3O6/c1-5-15-12-24(15,21(30)31)26-19(28)17-7-6-8-27(17)20(29)18(23(2,3)4)25-22(32)33-16-10-13-9-14(13)11-16/h5,13-18H,1,6-12H2,2-4H3,(H,25,32)(H,26,28)(H,30,31)/t13-,14?,15+,16?,17-,18+,24+/m0/s1. The summed E-state index contributed by atoms with van der Waals surface area (Å²) in [5.41, 5.74) is -1.95. The molecular formula is C24H35N3O6. The summed E-state index contributed by atoms with van der Waals surface area (Å²) in [5, 5.41) is 15.0. The number of hydrogen-bond acceptors (Lipinski definition) is 5. The monoisotopic (exact) mass is 461 g/mol.